The molecule has 0 radical (unpaired) electrons. The summed E-state index contributed by atoms with van der Waals surface area (Å²) in [5, 5.41) is 13.5. The highest BCUT2D eigenvalue weighted by molar-refractivity contribution is 5.78. The van der Waals surface area contributed by atoms with Gasteiger partial charge in [-0.25, -0.2) is 9.18 Å². The van der Waals surface area contributed by atoms with E-state index in [-0.39, 0.29) is 23.3 Å². The number of quaternary nitrogens is 1. The lowest BCUT2D eigenvalue weighted by Gasteiger charge is -2.38. The maximum Gasteiger partial charge on any atom is 0.317 e. The van der Waals surface area contributed by atoms with E-state index in [1.807, 2.05) is 4.90 Å². The molecule has 3 aliphatic rings. The Balaban J connectivity index is 1.46. The van der Waals surface area contributed by atoms with Crippen LogP contribution < -0.4 is 10.6 Å². The quantitative estimate of drug-likeness (QED) is 0.393. The predicted molar refractivity (Wildman–Crippen MR) is 132 cm³/mol. The molecule has 1 aliphatic heterocycles. The van der Waals surface area contributed by atoms with Crippen LogP contribution in [0.3, 0.4) is 0 Å². The zero-order valence-electron chi connectivity index (χ0n) is 20.4. The van der Waals surface area contributed by atoms with Gasteiger partial charge in [0, 0.05) is 43.1 Å². The van der Waals surface area contributed by atoms with Gasteiger partial charge in [-0.15, -0.1) is 0 Å². The van der Waals surface area contributed by atoms with Gasteiger partial charge < -0.3 is 20.4 Å². The second-order valence-corrected chi connectivity index (χ2v) is 10.1. The molecule has 1 saturated heterocycles. The zero-order chi connectivity index (χ0) is 24.1. The molecule has 4 N–H and O–H groups in total. The summed E-state index contributed by atoms with van der Waals surface area (Å²) in [7, 11) is 0. The molecule has 2 fully saturated rings. The number of allylic oxidation sites excluding steroid dienone is 3. The lowest BCUT2D eigenvalue weighted by molar-refractivity contribution is -0.513. The summed E-state index contributed by atoms with van der Waals surface area (Å²) in [5.74, 6) is 0.219. The summed E-state index contributed by atoms with van der Waals surface area (Å²) in [6.45, 7) is 7.03. The lowest BCUT2D eigenvalue weighted by atomic mass is 9.68. The Kier molecular flexibility index (Phi) is 7.84. The Morgan fingerprint density at radius 2 is 2.09 bits per heavy atom. The van der Waals surface area contributed by atoms with Crippen molar-refractivity contribution in [2.75, 3.05) is 26.3 Å². The maximum atomic E-state index is 13.3. The number of hydrogen-bond donors (Lipinski definition) is 3. The number of urea groups is 1. The molecular weight excluding hydrogens is 431 g/mol. The van der Waals surface area contributed by atoms with Crippen molar-refractivity contribution in [3.05, 3.63) is 53.0 Å². The largest absolute Gasteiger partial charge is 0.378 e. The average molecular weight is 470 g/mol. The van der Waals surface area contributed by atoms with Gasteiger partial charge in [-0.2, -0.15) is 0 Å². The third kappa shape index (κ3) is 5.41. The first kappa shape index (κ1) is 24.6. The van der Waals surface area contributed by atoms with Crippen LogP contribution in [0.1, 0.15) is 52.4 Å². The molecule has 6 nitrogen and oxygen atoms in total. The number of nitrogens with one attached hydrogen (secondary N) is 2. The van der Waals surface area contributed by atoms with Gasteiger partial charge >= 0.3 is 6.03 Å². The number of morpholine rings is 1. The smallest absolute Gasteiger partial charge is 0.317 e. The van der Waals surface area contributed by atoms with Crippen LogP contribution in [0.15, 0.2) is 47.2 Å². The highest BCUT2D eigenvalue weighted by Gasteiger charge is 2.46. The van der Waals surface area contributed by atoms with E-state index in [2.05, 4.69) is 30.6 Å². The third-order valence-electron chi connectivity index (χ3n) is 7.85. The summed E-state index contributed by atoms with van der Waals surface area (Å²) in [6, 6.07) is 6.68. The minimum absolute atomic E-state index is 0.00268. The van der Waals surface area contributed by atoms with Crippen molar-refractivity contribution in [1.29, 1.82) is 5.41 Å². The number of rotatable bonds is 8. The minimum Gasteiger partial charge on any atom is -0.378 e. The van der Waals surface area contributed by atoms with Crippen molar-refractivity contribution >= 4 is 17.9 Å². The van der Waals surface area contributed by atoms with Gasteiger partial charge in [-0.3, -0.25) is 5.32 Å². The summed E-state index contributed by atoms with van der Waals surface area (Å²) in [4.78, 5) is 14.7. The number of carbonyl (C=O) groups is 1. The number of hydrogen-bond acceptors (Lipinski definition) is 3. The second kappa shape index (κ2) is 10.8. The van der Waals surface area contributed by atoms with E-state index in [0.717, 1.165) is 55.5 Å². The number of fused-ring (bicyclic) bond motifs is 1. The van der Waals surface area contributed by atoms with Crippen molar-refractivity contribution < 1.29 is 19.2 Å². The molecule has 0 spiro atoms. The van der Waals surface area contributed by atoms with Gasteiger partial charge in [0.15, 0.2) is 0 Å². The van der Waals surface area contributed by atoms with Gasteiger partial charge in [0.1, 0.15) is 17.2 Å². The SMILES string of the molecule is CCCC(C[C@H]1CCC2=CC([NH2+]c3ccc(F)cc3)=C(C=N)C[C@@]21C)NC(=O)N1CCOCC1. The molecule has 1 aromatic rings. The Hall–Kier alpha value is -2.51. The van der Waals surface area contributed by atoms with Crippen LogP contribution in [0.25, 0.3) is 0 Å². The zero-order valence-corrected chi connectivity index (χ0v) is 20.4. The standard InChI is InChI=1S/C27H37FN4O2/c1-3-4-24(31-26(33)32-11-13-34-14-12-32)15-20-5-6-21-16-25(19(18-29)17-27(20,21)2)30-23-9-7-22(28)8-10-23/h7-10,16,18,20,24,29-30H,3-6,11-15,17H2,1-2H3,(H,31,33)/p+1/t20-,24?,27-/m1/s1. The summed E-state index contributed by atoms with van der Waals surface area (Å²) in [5.41, 5.74) is 4.46. The Morgan fingerprint density at radius 3 is 2.76 bits per heavy atom. The number of carbonyl (C=O) groups excluding carboxylic acids is 1. The van der Waals surface area contributed by atoms with Crippen LogP contribution in [-0.4, -0.2) is 49.5 Å². The number of amides is 2. The van der Waals surface area contributed by atoms with E-state index < -0.39 is 0 Å². The van der Waals surface area contributed by atoms with E-state index in [4.69, 9.17) is 10.1 Å². The molecule has 34 heavy (non-hydrogen) atoms. The first-order valence-electron chi connectivity index (χ1n) is 12.6. The highest BCUT2D eigenvalue weighted by atomic mass is 19.1. The van der Waals surface area contributed by atoms with Crippen LogP contribution >= 0.6 is 0 Å². The van der Waals surface area contributed by atoms with E-state index in [1.165, 1.54) is 23.9 Å². The summed E-state index contributed by atoms with van der Waals surface area (Å²) >= 11 is 0. The topological polar surface area (TPSA) is 82.0 Å². The molecule has 2 aliphatic carbocycles. The summed E-state index contributed by atoms with van der Waals surface area (Å²) < 4.78 is 18.7. The van der Waals surface area contributed by atoms with E-state index in [9.17, 15) is 9.18 Å². The minimum atomic E-state index is -0.242. The van der Waals surface area contributed by atoms with E-state index in [1.54, 1.807) is 12.1 Å². The van der Waals surface area contributed by atoms with Crippen LogP contribution in [0.5, 0.6) is 0 Å². The number of benzene rings is 1. The summed E-state index contributed by atoms with van der Waals surface area (Å²) in [6.07, 6.45) is 9.67. The number of ether oxygens (including phenoxy) is 1. The molecular formula is C27H38FN4O2+. The Labute approximate surface area is 202 Å². The van der Waals surface area contributed by atoms with Crippen molar-refractivity contribution in [3.63, 3.8) is 0 Å². The fraction of sp³-hybridized carbons (Fsp3) is 0.556. The number of halogens is 1. The fourth-order valence-electron chi connectivity index (χ4n) is 5.83. The molecule has 1 heterocycles. The van der Waals surface area contributed by atoms with Crippen LogP contribution in [-0.2, 0) is 4.74 Å². The van der Waals surface area contributed by atoms with Gasteiger partial charge in [0.2, 0.25) is 0 Å². The van der Waals surface area contributed by atoms with Crippen molar-refractivity contribution in [2.45, 2.75) is 58.4 Å². The monoisotopic (exact) mass is 469 g/mol. The van der Waals surface area contributed by atoms with Crippen molar-refractivity contribution in [1.82, 2.24) is 10.2 Å². The van der Waals surface area contributed by atoms with Crippen molar-refractivity contribution in [3.8, 4) is 0 Å². The first-order valence-corrected chi connectivity index (χ1v) is 12.6. The molecule has 4 rings (SSSR count). The molecule has 2 amide bonds. The van der Waals surface area contributed by atoms with Gasteiger partial charge in [0.05, 0.1) is 13.2 Å². The molecule has 1 aromatic carbocycles. The lowest BCUT2D eigenvalue weighted by Crippen LogP contribution is -2.76. The van der Waals surface area contributed by atoms with Gasteiger partial charge in [-0.1, -0.05) is 25.8 Å². The van der Waals surface area contributed by atoms with E-state index >= 15 is 0 Å². The van der Waals surface area contributed by atoms with E-state index in [0.29, 0.717) is 32.2 Å². The molecule has 0 aromatic heterocycles. The average Bonchev–Trinajstić information content (AvgIpc) is 3.15. The highest BCUT2D eigenvalue weighted by Crippen LogP contribution is 2.55. The molecule has 1 unspecified atom stereocenters. The van der Waals surface area contributed by atoms with Crippen LogP contribution in [0, 0.1) is 22.6 Å². The molecule has 3 atom stereocenters. The number of nitrogens with two attached hydrogens (primary N) is 1. The van der Waals surface area contributed by atoms with Crippen molar-refractivity contribution in [2.24, 2.45) is 11.3 Å². The normalized spacial score (nSPS) is 25.6. The predicted octanol–water partition coefficient (Wildman–Crippen LogP) is 4.27. The Morgan fingerprint density at radius 1 is 1.35 bits per heavy atom. The van der Waals surface area contributed by atoms with Gasteiger partial charge in [-0.05, 0) is 61.6 Å². The van der Waals surface area contributed by atoms with Gasteiger partial charge in [0.25, 0.3) is 0 Å². The molecule has 184 valence electrons. The fourth-order valence-corrected chi connectivity index (χ4v) is 5.83. The molecule has 1 saturated carbocycles. The maximum absolute atomic E-state index is 13.3. The Bertz CT molecular complexity index is 952. The first-order chi connectivity index (χ1) is 16.4. The second-order valence-electron chi connectivity index (χ2n) is 10.1. The molecule has 7 heteroatoms. The number of nitrogens with zero attached hydrogens (tertiary/aromatic N) is 1. The van der Waals surface area contributed by atoms with Crippen LogP contribution in [0.2, 0.25) is 0 Å². The van der Waals surface area contributed by atoms with Crippen LogP contribution in [0.4, 0.5) is 14.9 Å². The molecule has 0 bridgehead atoms. The third-order valence-corrected chi connectivity index (χ3v) is 7.85.